The average Bonchev–Trinajstić information content (AvgIpc) is 3.36. The Morgan fingerprint density at radius 1 is 1.14 bits per heavy atom. The number of aryl methyl sites for hydroxylation is 2. The first-order valence-electron chi connectivity index (χ1n) is 8.83. The van der Waals surface area contributed by atoms with Crippen LogP contribution in [0.5, 0.6) is 5.75 Å². The highest BCUT2D eigenvalue weighted by molar-refractivity contribution is 7.98. The van der Waals surface area contributed by atoms with E-state index in [2.05, 4.69) is 53.7 Å². The van der Waals surface area contributed by atoms with Crippen molar-refractivity contribution >= 4 is 23.1 Å². The number of benzene rings is 2. The monoisotopic (exact) mass is 408 g/mol. The highest BCUT2D eigenvalue weighted by Crippen LogP contribution is 2.30. The van der Waals surface area contributed by atoms with Crippen molar-refractivity contribution in [2.75, 3.05) is 7.11 Å². The summed E-state index contributed by atoms with van der Waals surface area (Å²) in [5, 5.41) is 12.4. The number of hydrogen-bond donors (Lipinski definition) is 0. The van der Waals surface area contributed by atoms with Gasteiger partial charge >= 0.3 is 0 Å². The summed E-state index contributed by atoms with van der Waals surface area (Å²) >= 11 is 3.28. The Labute approximate surface area is 172 Å². The third-order valence-electron chi connectivity index (χ3n) is 4.35. The predicted molar refractivity (Wildman–Crippen MR) is 114 cm³/mol. The maximum Gasteiger partial charge on any atom is 0.196 e. The number of ether oxygens (including phenoxy) is 1. The zero-order valence-electron chi connectivity index (χ0n) is 15.9. The zero-order valence-corrected chi connectivity index (χ0v) is 17.5. The van der Waals surface area contributed by atoms with E-state index in [1.807, 2.05) is 22.8 Å². The van der Waals surface area contributed by atoms with Gasteiger partial charge in [-0.3, -0.25) is 4.57 Å². The van der Waals surface area contributed by atoms with E-state index >= 15 is 0 Å². The lowest BCUT2D eigenvalue weighted by molar-refractivity contribution is 0.415. The third kappa shape index (κ3) is 3.95. The van der Waals surface area contributed by atoms with E-state index < -0.39 is 0 Å². The maximum absolute atomic E-state index is 5.31. The molecule has 0 saturated heterocycles. The van der Waals surface area contributed by atoms with E-state index in [0.29, 0.717) is 0 Å². The molecule has 4 rings (SSSR count). The summed E-state index contributed by atoms with van der Waals surface area (Å²) in [6.45, 7) is 4.21. The Hall–Kier alpha value is -2.64. The molecule has 0 radical (unpaired) electrons. The highest BCUT2D eigenvalue weighted by atomic mass is 32.2. The molecule has 2 aromatic heterocycles. The predicted octanol–water partition coefficient (Wildman–Crippen LogP) is 5.31. The molecular formula is C21H20N4OS2. The van der Waals surface area contributed by atoms with Crippen LogP contribution in [0, 0.1) is 13.8 Å². The van der Waals surface area contributed by atoms with Crippen LogP contribution < -0.4 is 4.74 Å². The van der Waals surface area contributed by atoms with Crippen LogP contribution in [0.3, 0.4) is 0 Å². The normalized spacial score (nSPS) is 11.0. The van der Waals surface area contributed by atoms with E-state index in [9.17, 15) is 0 Å². The number of hydrogen-bond acceptors (Lipinski definition) is 6. The van der Waals surface area contributed by atoms with Gasteiger partial charge in [-0.15, -0.1) is 21.5 Å². The average molecular weight is 409 g/mol. The second kappa shape index (κ2) is 8.16. The van der Waals surface area contributed by atoms with Crippen molar-refractivity contribution in [3.05, 3.63) is 71.0 Å². The Morgan fingerprint density at radius 2 is 2.04 bits per heavy atom. The molecule has 0 unspecified atom stereocenters. The molecule has 0 bridgehead atoms. The van der Waals surface area contributed by atoms with Gasteiger partial charge in [-0.2, -0.15) is 0 Å². The molecule has 2 heterocycles. The summed E-state index contributed by atoms with van der Waals surface area (Å²) in [4.78, 5) is 4.77. The first-order valence-corrected chi connectivity index (χ1v) is 10.7. The minimum atomic E-state index is 0.740. The van der Waals surface area contributed by atoms with Gasteiger partial charge in [0.15, 0.2) is 5.16 Å². The molecule has 28 heavy (non-hydrogen) atoms. The Morgan fingerprint density at radius 3 is 2.86 bits per heavy atom. The van der Waals surface area contributed by atoms with Gasteiger partial charge in [-0.1, -0.05) is 41.6 Å². The number of rotatable bonds is 6. The fourth-order valence-corrected chi connectivity index (χ4v) is 4.70. The topological polar surface area (TPSA) is 52.8 Å². The second-order valence-electron chi connectivity index (χ2n) is 6.44. The van der Waals surface area contributed by atoms with Crippen LogP contribution in [0.2, 0.25) is 0 Å². The van der Waals surface area contributed by atoms with Crippen LogP contribution in [-0.2, 0) is 5.75 Å². The van der Waals surface area contributed by atoms with Crippen LogP contribution in [0.1, 0.15) is 16.8 Å². The first-order chi connectivity index (χ1) is 13.6. The molecule has 0 saturated carbocycles. The maximum atomic E-state index is 5.31. The molecule has 0 atom stereocenters. The van der Waals surface area contributed by atoms with E-state index in [0.717, 1.165) is 38.6 Å². The smallest absolute Gasteiger partial charge is 0.196 e. The van der Waals surface area contributed by atoms with Crippen molar-refractivity contribution in [1.29, 1.82) is 0 Å². The van der Waals surface area contributed by atoms with E-state index in [4.69, 9.17) is 9.72 Å². The molecule has 4 aromatic rings. The lowest BCUT2D eigenvalue weighted by atomic mass is 10.1. The molecule has 0 aliphatic rings. The number of methoxy groups -OCH3 is 1. The minimum Gasteiger partial charge on any atom is -0.497 e. The van der Waals surface area contributed by atoms with Gasteiger partial charge in [0, 0.05) is 16.7 Å². The number of aromatic nitrogens is 4. The Bertz CT molecular complexity index is 1100. The molecule has 0 spiro atoms. The van der Waals surface area contributed by atoms with Crippen molar-refractivity contribution < 1.29 is 4.74 Å². The summed E-state index contributed by atoms with van der Waals surface area (Å²) in [7, 11) is 1.68. The molecule has 0 aliphatic heterocycles. The van der Waals surface area contributed by atoms with Crippen LogP contribution >= 0.6 is 23.1 Å². The van der Waals surface area contributed by atoms with Crippen LogP contribution in [0.15, 0.2) is 59.3 Å². The van der Waals surface area contributed by atoms with Crippen molar-refractivity contribution in [2.45, 2.75) is 24.8 Å². The van der Waals surface area contributed by atoms with Crippen molar-refractivity contribution in [2.24, 2.45) is 0 Å². The Kier molecular flexibility index (Phi) is 5.45. The molecule has 0 aliphatic carbocycles. The summed E-state index contributed by atoms with van der Waals surface area (Å²) in [6, 6.07) is 14.4. The minimum absolute atomic E-state index is 0.740. The lowest BCUT2D eigenvalue weighted by Crippen LogP contribution is -1.98. The van der Waals surface area contributed by atoms with Gasteiger partial charge in [0.05, 0.1) is 18.5 Å². The van der Waals surface area contributed by atoms with Gasteiger partial charge in [-0.05, 0) is 37.6 Å². The van der Waals surface area contributed by atoms with Crippen LogP contribution in [0.4, 0.5) is 0 Å². The Balaban J connectivity index is 1.50. The summed E-state index contributed by atoms with van der Waals surface area (Å²) in [5.74, 6) is 1.58. The molecule has 0 fully saturated rings. The van der Waals surface area contributed by atoms with E-state index in [1.54, 1.807) is 36.5 Å². The fourth-order valence-electron chi connectivity index (χ4n) is 2.96. The lowest BCUT2D eigenvalue weighted by Gasteiger charge is -2.09. The van der Waals surface area contributed by atoms with Gasteiger partial charge in [0.25, 0.3) is 0 Å². The third-order valence-corrected chi connectivity index (χ3v) is 6.26. The van der Waals surface area contributed by atoms with Crippen LogP contribution in [-0.4, -0.2) is 26.9 Å². The van der Waals surface area contributed by atoms with Gasteiger partial charge in [0.1, 0.15) is 17.1 Å². The van der Waals surface area contributed by atoms with Crippen molar-refractivity contribution in [3.63, 3.8) is 0 Å². The summed E-state index contributed by atoms with van der Waals surface area (Å²) < 4.78 is 7.34. The van der Waals surface area contributed by atoms with E-state index in [1.165, 1.54) is 11.1 Å². The molecule has 0 amide bonds. The molecule has 142 valence electrons. The molecule has 7 heteroatoms. The second-order valence-corrected chi connectivity index (χ2v) is 8.24. The standard InChI is InChI=1S/C21H20N4OS2/c1-14-7-8-19(15(2)9-14)25-13-22-24-21(25)28-12-17-11-27-20(23-17)16-5-4-6-18(10-16)26-3/h4-11,13H,12H2,1-3H3. The number of nitrogens with zero attached hydrogens (tertiary/aromatic N) is 4. The van der Waals surface area contributed by atoms with Crippen molar-refractivity contribution in [3.8, 4) is 22.0 Å². The number of thiazole rings is 1. The molecule has 0 N–H and O–H groups in total. The van der Waals surface area contributed by atoms with Crippen molar-refractivity contribution in [1.82, 2.24) is 19.7 Å². The number of thioether (sulfide) groups is 1. The summed E-state index contributed by atoms with van der Waals surface area (Å²) in [5.41, 5.74) is 5.65. The van der Waals surface area contributed by atoms with E-state index in [-0.39, 0.29) is 0 Å². The van der Waals surface area contributed by atoms with Gasteiger partial charge in [-0.25, -0.2) is 4.98 Å². The zero-order chi connectivity index (χ0) is 19.5. The molecule has 2 aromatic carbocycles. The SMILES string of the molecule is COc1cccc(-c2nc(CSc3nncn3-c3ccc(C)cc3C)cs2)c1. The summed E-state index contributed by atoms with van der Waals surface area (Å²) in [6.07, 6.45) is 1.77. The fraction of sp³-hybridized carbons (Fsp3) is 0.190. The van der Waals surface area contributed by atoms with Gasteiger partial charge < -0.3 is 4.74 Å². The van der Waals surface area contributed by atoms with Gasteiger partial charge in [0.2, 0.25) is 0 Å². The van der Waals surface area contributed by atoms with Crippen LogP contribution in [0.25, 0.3) is 16.3 Å². The molecule has 5 nitrogen and oxygen atoms in total. The molecular weight excluding hydrogens is 388 g/mol. The quantitative estimate of drug-likeness (QED) is 0.405. The largest absolute Gasteiger partial charge is 0.497 e. The highest BCUT2D eigenvalue weighted by Gasteiger charge is 2.12. The first kappa shape index (κ1) is 18.7.